The first kappa shape index (κ1) is 21.9. The third-order valence-corrected chi connectivity index (χ3v) is 5.72. The minimum Gasteiger partial charge on any atom is -0.378 e. The molecular formula is C24H25N5O2S. The summed E-state index contributed by atoms with van der Waals surface area (Å²) in [7, 11) is 0. The van der Waals surface area contributed by atoms with Crippen molar-refractivity contribution in [1.82, 2.24) is 9.97 Å². The molecule has 3 aromatic rings. The molecule has 2 aromatic carbocycles. The molecule has 0 spiro atoms. The number of rotatable bonds is 7. The number of allylic oxidation sites excluding steroid dienone is 1. The number of benzene rings is 2. The Morgan fingerprint density at radius 3 is 2.69 bits per heavy atom. The summed E-state index contributed by atoms with van der Waals surface area (Å²) in [5, 5.41) is 6.95. The molecule has 1 amide bonds. The van der Waals surface area contributed by atoms with Gasteiger partial charge in [0.25, 0.3) is 0 Å². The van der Waals surface area contributed by atoms with Gasteiger partial charge in [-0.15, -0.1) is 0 Å². The first-order chi connectivity index (χ1) is 15.7. The van der Waals surface area contributed by atoms with Crippen LogP contribution in [0.3, 0.4) is 0 Å². The lowest BCUT2D eigenvalue weighted by atomic mass is 10.2. The second-order valence-electron chi connectivity index (χ2n) is 7.11. The average Bonchev–Trinajstić information content (AvgIpc) is 2.82. The van der Waals surface area contributed by atoms with E-state index in [-0.39, 0.29) is 5.91 Å². The van der Waals surface area contributed by atoms with Gasteiger partial charge in [0.2, 0.25) is 11.9 Å². The maximum atomic E-state index is 11.7. The highest BCUT2D eigenvalue weighted by Gasteiger charge is 2.12. The van der Waals surface area contributed by atoms with Crippen LogP contribution in [0, 0.1) is 0 Å². The molecule has 0 atom stereocenters. The fourth-order valence-electron chi connectivity index (χ4n) is 3.25. The Labute approximate surface area is 191 Å². The summed E-state index contributed by atoms with van der Waals surface area (Å²) in [6.07, 6.45) is 4.95. The third kappa shape index (κ3) is 6.09. The number of carbonyl (C=O) groups excluding carboxylic acids is 1. The van der Waals surface area contributed by atoms with E-state index in [2.05, 4.69) is 37.6 Å². The highest BCUT2D eigenvalue weighted by Crippen LogP contribution is 2.28. The number of ether oxygens (including phenoxy) is 1. The molecule has 164 valence electrons. The lowest BCUT2D eigenvalue weighted by Gasteiger charge is -2.29. The Bertz CT molecular complexity index is 1080. The van der Waals surface area contributed by atoms with Crippen molar-refractivity contribution in [2.45, 2.75) is 16.8 Å². The summed E-state index contributed by atoms with van der Waals surface area (Å²) in [5.74, 6) is 0.404. The van der Waals surface area contributed by atoms with Crippen LogP contribution < -0.4 is 15.5 Å². The van der Waals surface area contributed by atoms with Crippen molar-refractivity contribution in [2.24, 2.45) is 0 Å². The van der Waals surface area contributed by atoms with Crippen LogP contribution in [0.2, 0.25) is 0 Å². The van der Waals surface area contributed by atoms with Gasteiger partial charge in [0.15, 0.2) is 0 Å². The van der Waals surface area contributed by atoms with Crippen molar-refractivity contribution in [2.75, 3.05) is 41.8 Å². The number of carbonyl (C=O) groups is 1. The van der Waals surface area contributed by atoms with Crippen LogP contribution in [-0.2, 0) is 9.53 Å². The highest BCUT2D eigenvalue weighted by atomic mass is 32.2. The van der Waals surface area contributed by atoms with E-state index in [1.807, 2.05) is 49.4 Å². The van der Waals surface area contributed by atoms with Crippen molar-refractivity contribution in [1.29, 1.82) is 0 Å². The summed E-state index contributed by atoms with van der Waals surface area (Å²) in [4.78, 5) is 24.0. The molecule has 4 rings (SSSR count). The van der Waals surface area contributed by atoms with E-state index in [4.69, 9.17) is 4.74 Å². The van der Waals surface area contributed by atoms with E-state index in [0.717, 1.165) is 53.3 Å². The monoisotopic (exact) mass is 447 g/mol. The zero-order chi connectivity index (χ0) is 22.2. The molecule has 2 heterocycles. The third-order valence-electron chi connectivity index (χ3n) is 4.77. The molecule has 1 saturated heterocycles. The SMILES string of the molecule is C/C=C\C(=O)Nc1ccc(Sc2ccnc(Nc3cccc(N4CCOCC4)c3)n2)cc1. The molecular weight excluding hydrogens is 422 g/mol. The Morgan fingerprint density at radius 1 is 1.09 bits per heavy atom. The van der Waals surface area contributed by atoms with Crippen molar-refractivity contribution < 1.29 is 9.53 Å². The molecule has 0 unspecified atom stereocenters. The summed E-state index contributed by atoms with van der Waals surface area (Å²) in [6, 6.07) is 17.8. The van der Waals surface area contributed by atoms with E-state index in [0.29, 0.717) is 5.95 Å². The molecule has 0 saturated carbocycles. The lowest BCUT2D eigenvalue weighted by molar-refractivity contribution is -0.111. The zero-order valence-electron chi connectivity index (χ0n) is 17.8. The van der Waals surface area contributed by atoms with Gasteiger partial charge >= 0.3 is 0 Å². The van der Waals surface area contributed by atoms with Crippen LogP contribution in [0.5, 0.6) is 0 Å². The van der Waals surface area contributed by atoms with E-state index in [1.54, 1.807) is 12.3 Å². The minimum absolute atomic E-state index is 0.142. The zero-order valence-corrected chi connectivity index (χ0v) is 18.6. The summed E-state index contributed by atoms with van der Waals surface area (Å²) >= 11 is 1.54. The second-order valence-corrected chi connectivity index (χ2v) is 8.20. The largest absolute Gasteiger partial charge is 0.378 e. The van der Waals surface area contributed by atoms with E-state index in [1.165, 1.54) is 17.8 Å². The first-order valence-corrected chi connectivity index (χ1v) is 11.3. The Morgan fingerprint density at radius 2 is 1.91 bits per heavy atom. The highest BCUT2D eigenvalue weighted by molar-refractivity contribution is 7.99. The van der Waals surface area contributed by atoms with Crippen LogP contribution >= 0.6 is 11.8 Å². The van der Waals surface area contributed by atoms with Crippen molar-refractivity contribution in [3.8, 4) is 0 Å². The van der Waals surface area contributed by atoms with Gasteiger partial charge in [-0.05, 0) is 61.5 Å². The van der Waals surface area contributed by atoms with E-state index < -0.39 is 0 Å². The van der Waals surface area contributed by atoms with Gasteiger partial charge in [0.1, 0.15) is 5.03 Å². The van der Waals surface area contributed by atoms with Crippen molar-refractivity contribution in [3.05, 3.63) is 72.9 Å². The summed E-state index contributed by atoms with van der Waals surface area (Å²) in [6.45, 7) is 5.10. The van der Waals surface area contributed by atoms with Gasteiger partial charge < -0.3 is 20.3 Å². The number of aromatic nitrogens is 2. The molecule has 32 heavy (non-hydrogen) atoms. The van der Waals surface area contributed by atoms with Gasteiger partial charge in [-0.2, -0.15) is 0 Å². The molecule has 0 aliphatic carbocycles. The Kier molecular flexibility index (Phi) is 7.37. The van der Waals surface area contributed by atoms with E-state index in [9.17, 15) is 4.79 Å². The molecule has 1 fully saturated rings. The topological polar surface area (TPSA) is 79.4 Å². The average molecular weight is 448 g/mol. The molecule has 7 nitrogen and oxygen atoms in total. The van der Waals surface area contributed by atoms with Crippen LogP contribution in [0.25, 0.3) is 0 Å². The number of hydrogen-bond donors (Lipinski definition) is 2. The molecule has 1 aliphatic heterocycles. The Hall–Kier alpha value is -3.36. The molecule has 1 aliphatic rings. The van der Waals surface area contributed by atoms with Gasteiger partial charge in [-0.25, -0.2) is 9.97 Å². The number of nitrogens with zero attached hydrogens (tertiary/aromatic N) is 3. The van der Waals surface area contributed by atoms with Crippen LogP contribution in [0.1, 0.15) is 6.92 Å². The van der Waals surface area contributed by atoms with Gasteiger partial charge in [-0.3, -0.25) is 4.79 Å². The van der Waals surface area contributed by atoms with E-state index >= 15 is 0 Å². The van der Waals surface area contributed by atoms with Crippen LogP contribution in [0.15, 0.2) is 82.9 Å². The number of amides is 1. The fourth-order valence-corrected chi connectivity index (χ4v) is 4.03. The smallest absolute Gasteiger partial charge is 0.248 e. The Balaban J connectivity index is 1.40. The molecule has 0 radical (unpaired) electrons. The normalized spacial score (nSPS) is 13.8. The number of nitrogens with one attached hydrogen (secondary N) is 2. The molecule has 1 aromatic heterocycles. The van der Waals surface area contributed by atoms with Crippen molar-refractivity contribution in [3.63, 3.8) is 0 Å². The maximum absolute atomic E-state index is 11.7. The first-order valence-electron chi connectivity index (χ1n) is 10.4. The predicted octanol–water partition coefficient (Wildman–Crippen LogP) is 4.72. The van der Waals surface area contributed by atoms with Crippen LogP contribution in [-0.4, -0.2) is 42.2 Å². The lowest BCUT2D eigenvalue weighted by Crippen LogP contribution is -2.36. The fraction of sp³-hybridized carbons (Fsp3) is 0.208. The standard InChI is InChI=1S/C24H25N5O2S/c1-2-4-22(30)26-18-7-9-21(10-8-18)32-23-11-12-25-24(28-23)27-19-5-3-6-20(17-19)29-13-15-31-16-14-29/h2-12,17H,13-16H2,1H3,(H,26,30)(H,25,27,28)/b4-2-. The van der Waals surface area contributed by atoms with Gasteiger partial charge in [0.05, 0.1) is 13.2 Å². The number of morpholine rings is 1. The van der Waals surface area contributed by atoms with Crippen LogP contribution in [0.4, 0.5) is 23.0 Å². The molecule has 2 N–H and O–H groups in total. The predicted molar refractivity (Wildman–Crippen MR) is 129 cm³/mol. The van der Waals surface area contributed by atoms with Gasteiger partial charge in [0, 0.05) is 41.2 Å². The number of anilines is 4. The molecule has 0 bridgehead atoms. The second kappa shape index (κ2) is 10.8. The quantitative estimate of drug-likeness (QED) is 0.401. The summed E-state index contributed by atoms with van der Waals surface area (Å²) < 4.78 is 5.44. The molecule has 8 heteroatoms. The number of hydrogen-bond acceptors (Lipinski definition) is 7. The minimum atomic E-state index is -0.142. The van der Waals surface area contributed by atoms with Gasteiger partial charge in [-0.1, -0.05) is 23.9 Å². The maximum Gasteiger partial charge on any atom is 0.248 e. The summed E-state index contributed by atoms with van der Waals surface area (Å²) in [5.41, 5.74) is 2.85. The van der Waals surface area contributed by atoms with Crippen molar-refractivity contribution >= 4 is 40.7 Å².